The summed E-state index contributed by atoms with van der Waals surface area (Å²) in [6, 6.07) is 0.234. The first-order chi connectivity index (χ1) is 11.5. The van der Waals surface area contributed by atoms with E-state index in [2.05, 4.69) is 6.92 Å². The number of hydrogen-bond donors (Lipinski definition) is 1. The lowest BCUT2D eigenvalue weighted by molar-refractivity contribution is -0.140. The minimum Gasteiger partial charge on any atom is -0.480 e. The van der Waals surface area contributed by atoms with Gasteiger partial charge in [-0.1, -0.05) is 19.8 Å². The van der Waals surface area contributed by atoms with Crippen molar-refractivity contribution in [2.24, 2.45) is 5.92 Å². The molecule has 0 aromatic rings. The predicted octanol–water partition coefficient (Wildman–Crippen LogP) is 1.98. The number of carboxylic acid groups (broad SMARTS) is 1. The van der Waals surface area contributed by atoms with Gasteiger partial charge in [-0.05, 0) is 45.1 Å². The Kier molecular flexibility index (Phi) is 7.49. The van der Waals surface area contributed by atoms with Crippen LogP contribution in [0.25, 0.3) is 0 Å². The fourth-order valence-electron chi connectivity index (χ4n) is 3.91. The van der Waals surface area contributed by atoms with E-state index in [0.717, 1.165) is 32.2 Å². The number of nitrogens with zero attached hydrogens (tertiary/aromatic N) is 2. The summed E-state index contributed by atoms with van der Waals surface area (Å²) in [6.07, 6.45) is 7.64. The van der Waals surface area contributed by atoms with Crippen molar-refractivity contribution in [3.8, 4) is 0 Å². The lowest BCUT2D eigenvalue weighted by Crippen LogP contribution is -2.39. The molecule has 1 saturated carbocycles. The molecule has 1 aliphatic heterocycles. The van der Waals surface area contributed by atoms with Gasteiger partial charge in [-0.2, -0.15) is 0 Å². The van der Waals surface area contributed by atoms with Gasteiger partial charge in [-0.3, -0.25) is 14.5 Å². The van der Waals surface area contributed by atoms with Crippen LogP contribution in [0.4, 0.5) is 0 Å². The first-order valence-electron chi connectivity index (χ1n) is 9.28. The van der Waals surface area contributed by atoms with E-state index < -0.39 is 5.97 Å². The fourth-order valence-corrected chi connectivity index (χ4v) is 3.91. The van der Waals surface area contributed by atoms with Gasteiger partial charge >= 0.3 is 5.97 Å². The van der Waals surface area contributed by atoms with Crippen LogP contribution in [0.1, 0.15) is 51.9 Å². The van der Waals surface area contributed by atoms with E-state index in [1.54, 1.807) is 0 Å². The molecule has 0 bridgehead atoms. The van der Waals surface area contributed by atoms with Gasteiger partial charge in [0.1, 0.15) is 6.61 Å². The highest BCUT2D eigenvalue weighted by atomic mass is 16.5. The topological polar surface area (TPSA) is 70.1 Å². The normalized spacial score (nSPS) is 28.6. The van der Waals surface area contributed by atoms with Crippen LogP contribution in [-0.4, -0.2) is 72.2 Å². The van der Waals surface area contributed by atoms with Crippen LogP contribution in [0.2, 0.25) is 0 Å². The van der Waals surface area contributed by atoms with Crippen molar-refractivity contribution in [2.75, 3.05) is 33.3 Å². The predicted molar refractivity (Wildman–Crippen MR) is 91.9 cm³/mol. The molecule has 138 valence electrons. The molecule has 2 rings (SSSR count). The Morgan fingerprint density at radius 3 is 2.58 bits per heavy atom. The van der Waals surface area contributed by atoms with Crippen LogP contribution in [0.3, 0.4) is 0 Å². The van der Waals surface area contributed by atoms with Gasteiger partial charge < -0.3 is 14.7 Å². The number of carbonyl (C=O) groups excluding carboxylic acids is 1. The third-order valence-corrected chi connectivity index (χ3v) is 5.51. The number of carboxylic acids is 1. The first-order valence-corrected chi connectivity index (χ1v) is 9.28. The van der Waals surface area contributed by atoms with Crippen molar-refractivity contribution in [1.29, 1.82) is 0 Å². The lowest BCUT2D eigenvalue weighted by Gasteiger charge is -2.29. The Balaban J connectivity index is 1.76. The Bertz CT molecular complexity index is 429. The molecule has 3 unspecified atom stereocenters. The third kappa shape index (κ3) is 5.74. The van der Waals surface area contributed by atoms with E-state index in [0.29, 0.717) is 12.5 Å². The summed E-state index contributed by atoms with van der Waals surface area (Å²) >= 11 is 0. The molecule has 2 aliphatic rings. The average molecular weight is 340 g/mol. The zero-order valence-electron chi connectivity index (χ0n) is 15.1. The minimum atomic E-state index is -0.801. The summed E-state index contributed by atoms with van der Waals surface area (Å²) in [6.45, 7) is 3.89. The molecule has 1 aliphatic carbocycles. The monoisotopic (exact) mass is 340 g/mol. The molecule has 0 aromatic carbocycles. The van der Waals surface area contributed by atoms with E-state index in [-0.39, 0.29) is 31.2 Å². The summed E-state index contributed by atoms with van der Waals surface area (Å²) in [5.41, 5.74) is 0. The van der Waals surface area contributed by atoms with Gasteiger partial charge in [0.15, 0.2) is 0 Å². The Morgan fingerprint density at radius 1 is 1.12 bits per heavy atom. The summed E-state index contributed by atoms with van der Waals surface area (Å²) in [5, 5.41) is 8.92. The number of aliphatic carboxylic acids is 1. The third-order valence-electron chi connectivity index (χ3n) is 5.51. The van der Waals surface area contributed by atoms with Crippen LogP contribution in [-0.2, 0) is 14.3 Å². The lowest BCUT2D eigenvalue weighted by atomic mass is 9.88. The summed E-state index contributed by atoms with van der Waals surface area (Å²) in [4.78, 5) is 27.1. The van der Waals surface area contributed by atoms with Crippen LogP contribution in [0.15, 0.2) is 0 Å². The fraction of sp³-hybridized carbons (Fsp3) is 0.889. The molecule has 1 N–H and O–H groups in total. The number of likely N-dealkylation sites (tertiary alicyclic amines) is 1. The van der Waals surface area contributed by atoms with Crippen LogP contribution in [0, 0.1) is 5.92 Å². The number of rotatable bonds is 6. The molecule has 0 aromatic heterocycles. The Hall–Kier alpha value is -1.14. The van der Waals surface area contributed by atoms with Crippen molar-refractivity contribution in [3.63, 3.8) is 0 Å². The highest BCUT2D eigenvalue weighted by Crippen LogP contribution is 2.26. The van der Waals surface area contributed by atoms with Gasteiger partial charge in [0.2, 0.25) is 5.91 Å². The number of ether oxygens (including phenoxy) is 1. The molecule has 24 heavy (non-hydrogen) atoms. The van der Waals surface area contributed by atoms with Crippen molar-refractivity contribution < 1.29 is 19.4 Å². The van der Waals surface area contributed by atoms with Crippen LogP contribution in [0.5, 0.6) is 0 Å². The first kappa shape index (κ1) is 19.2. The second kappa shape index (κ2) is 9.37. The van der Waals surface area contributed by atoms with Crippen molar-refractivity contribution in [1.82, 2.24) is 9.80 Å². The maximum atomic E-state index is 12.4. The number of carbonyl (C=O) groups is 2. The Labute approximate surface area is 145 Å². The average Bonchev–Trinajstić information content (AvgIpc) is 2.79. The molecule has 1 saturated heterocycles. The highest BCUT2D eigenvalue weighted by molar-refractivity contribution is 5.77. The van der Waals surface area contributed by atoms with Gasteiger partial charge in [-0.25, -0.2) is 0 Å². The molecule has 0 spiro atoms. The molecule has 1 heterocycles. The molecular formula is C18H32N2O4. The SMILES string of the molecule is CC1CCCCC1OCC(=O)N1CCCC(N(C)CC(=O)O)CC1. The van der Waals surface area contributed by atoms with Crippen molar-refractivity contribution >= 4 is 11.9 Å². The number of amides is 1. The standard InChI is InChI=1S/C18H32N2O4/c1-14-6-3-4-8-16(14)24-13-17(21)20-10-5-7-15(9-11-20)19(2)12-18(22)23/h14-16H,3-13H2,1-2H3,(H,22,23). The minimum absolute atomic E-state index is 0.0568. The molecule has 6 heteroatoms. The van der Waals surface area contributed by atoms with Crippen molar-refractivity contribution in [3.05, 3.63) is 0 Å². The molecule has 3 atom stereocenters. The summed E-state index contributed by atoms with van der Waals surface area (Å²) in [5.74, 6) is -0.177. The molecule has 2 fully saturated rings. The zero-order valence-corrected chi connectivity index (χ0v) is 15.1. The highest BCUT2D eigenvalue weighted by Gasteiger charge is 2.26. The van der Waals surface area contributed by atoms with Gasteiger partial charge in [0, 0.05) is 19.1 Å². The van der Waals surface area contributed by atoms with E-state index in [1.165, 1.54) is 19.3 Å². The maximum absolute atomic E-state index is 12.4. The van der Waals surface area contributed by atoms with E-state index in [1.807, 2.05) is 16.8 Å². The van der Waals surface area contributed by atoms with Gasteiger partial charge in [0.25, 0.3) is 0 Å². The zero-order chi connectivity index (χ0) is 17.5. The van der Waals surface area contributed by atoms with Crippen LogP contribution >= 0.6 is 0 Å². The smallest absolute Gasteiger partial charge is 0.317 e. The van der Waals surface area contributed by atoms with E-state index in [9.17, 15) is 9.59 Å². The van der Waals surface area contributed by atoms with E-state index in [4.69, 9.17) is 9.84 Å². The quantitative estimate of drug-likeness (QED) is 0.801. The second-order valence-corrected chi connectivity index (χ2v) is 7.39. The van der Waals surface area contributed by atoms with Gasteiger partial charge in [-0.15, -0.1) is 0 Å². The number of hydrogen-bond acceptors (Lipinski definition) is 4. The molecule has 6 nitrogen and oxygen atoms in total. The summed E-state index contributed by atoms with van der Waals surface area (Å²) < 4.78 is 5.90. The molecular weight excluding hydrogens is 308 g/mol. The molecule has 1 amide bonds. The largest absolute Gasteiger partial charge is 0.480 e. The van der Waals surface area contributed by atoms with E-state index >= 15 is 0 Å². The maximum Gasteiger partial charge on any atom is 0.317 e. The second-order valence-electron chi connectivity index (χ2n) is 7.39. The van der Waals surface area contributed by atoms with Crippen molar-refractivity contribution in [2.45, 2.75) is 64.0 Å². The Morgan fingerprint density at radius 2 is 1.88 bits per heavy atom. The summed E-state index contributed by atoms with van der Waals surface area (Å²) in [7, 11) is 1.85. The number of likely N-dealkylation sites (N-methyl/N-ethyl adjacent to an activating group) is 1. The van der Waals surface area contributed by atoms with Crippen LogP contribution < -0.4 is 0 Å². The molecule has 0 radical (unpaired) electrons. The van der Waals surface area contributed by atoms with Gasteiger partial charge in [0.05, 0.1) is 12.6 Å².